The standard InChI is InChI=1S/C14H13N3O2S/c1-8-3-5-10(6-4-8)17-13(19)9(2)20-14(17)11(7-15)12(16)18/h3-6,9H,1-2H3,(H2,16,18). The van der Waals surface area contributed by atoms with Crippen LogP contribution in [0.25, 0.3) is 0 Å². The molecule has 0 aliphatic carbocycles. The van der Waals surface area contributed by atoms with Gasteiger partial charge in [-0.25, -0.2) is 0 Å². The summed E-state index contributed by atoms with van der Waals surface area (Å²) in [5, 5.41) is 9.03. The maximum atomic E-state index is 12.3. The summed E-state index contributed by atoms with van der Waals surface area (Å²) >= 11 is 1.17. The molecule has 0 saturated carbocycles. The lowest BCUT2D eigenvalue weighted by Crippen LogP contribution is -2.29. The number of thioether (sulfide) groups is 1. The molecule has 1 aromatic carbocycles. The van der Waals surface area contributed by atoms with Crippen molar-refractivity contribution in [1.82, 2.24) is 0 Å². The van der Waals surface area contributed by atoms with Crippen LogP contribution in [0.5, 0.6) is 0 Å². The molecule has 1 aromatic rings. The summed E-state index contributed by atoms with van der Waals surface area (Å²) in [5.41, 5.74) is 6.71. The minimum absolute atomic E-state index is 0.164. The summed E-state index contributed by atoms with van der Waals surface area (Å²) in [4.78, 5) is 25.0. The minimum Gasteiger partial charge on any atom is -0.365 e. The maximum Gasteiger partial charge on any atom is 0.262 e. The first-order valence-electron chi connectivity index (χ1n) is 5.97. The van der Waals surface area contributed by atoms with Crippen LogP contribution >= 0.6 is 11.8 Å². The molecule has 1 atom stereocenters. The van der Waals surface area contributed by atoms with Gasteiger partial charge in [-0.15, -0.1) is 0 Å². The number of anilines is 1. The minimum atomic E-state index is -0.825. The molecule has 1 unspecified atom stereocenters. The van der Waals surface area contributed by atoms with Gasteiger partial charge in [-0.1, -0.05) is 29.5 Å². The van der Waals surface area contributed by atoms with Gasteiger partial charge in [0.25, 0.3) is 5.91 Å². The van der Waals surface area contributed by atoms with Gasteiger partial charge in [0.05, 0.1) is 5.25 Å². The molecule has 1 fully saturated rings. The van der Waals surface area contributed by atoms with Gasteiger partial charge in [0.2, 0.25) is 5.91 Å². The third kappa shape index (κ3) is 2.40. The largest absolute Gasteiger partial charge is 0.365 e. The summed E-state index contributed by atoms with van der Waals surface area (Å²) < 4.78 is 0. The molecule has 2 amide bonds. The van der Waals surface area contributed by atoms with E-state index in [2.05, 4.69) is 0 Å². The Morgan fingerprint density at radius 1 is 1.40 bits per heavy atom. The smallest absolute Gasteiger partial charge is 0.262 e. The molecule has 0 bridgehead atoms. The first kappa shape index (κ1) is 14.2. The molecular formula is C14H13N3O2S. The van der Waals surface area contributed by atoms with E-state index in [1.54, 1.807) is 25.1 Å². The van der Waals surface area contributed by atoms with Crippen molar-refractivity contribution in [3.63, 3.8) is 0 Å². The second kappa shape index (κ2) is 5.39. The fourth-order valence-corrected chi connectivity index (χ4v) is 2.98. The summed E-state index contributed by atoms with van der Waals surface area (Å²) in [6.07, 6.45) is 0. The summed E-state index contributed by atoms with van der Waals surface area (Å²) in [5.74, 6) is -0.989. The number of benzene rings is 1. The zero-order valence-corrected chi connectivity index (χ0v) is 11.9. The highest BCUT2D eigenvalue weighted by Gasteiger charge is 2.37. The van der Waals surface area contributed by atoms with Gasteiger partial charge in [0.1, 0.15) is 16.7 Å². The number of nitrogens with two attached hydrogens (primary N) is 1. The van der Waals surface area contributed by atoms with E-state index in [4.69, 9.17) is 11.0 Å². The molecule has 2 N–H and O–H groups in total. The van der Waals surface area contributed by atoms with Gasteiger partial charge in [-0.05, 0) is 26.0 Å². The third-order valence-electron chi connectivity index (χ3n) is 2.92. The molecule has 1 aliphatic rings. The zero-order chi connectivity index (χ0) is 14.9. The lowest BCUT2D eigenvalue weighted by molar-refractivity contribution is -0.116. The van der Waals surface area contributed by atoms with Crippen LogP contribution in [0.15, 0.2) is 34.9 Å². The van der Waals surface area contributed by atoms with E-state index in [1.165, 1.54) is 16.7 Å². The van der Waals surface area contributed by atoms with Gasteiger partial charge >= 0.3 is 0 Å². The molecule has 1 saturated heterocycles. The molecule has 1 heterocycles. The molecular weight excluding hydrogens is 274 g/mol. The Kier molecular flexibility index (Phi) is 3.81. The molecule has 0 spiro atoms. The van der Waals surface area contributed by atoms with Crippen LogP contribution in [0.1, 0.15) is 12.5 Å². The van der Waals surface area contributed by atoms with E-state index < -0.39 is 5.91 Å². The second-order valence-electron chi connectivity index (χ2n) is 4.43. The Hall–Kier alpha value is -2.26. The summed E-state index contributed by atoms with van der Waals surface area (Å²) in [6.45, 7) is 3.67. The Bertz CT molecular complexity index is 643. The van der Waals surface area contributed by atoms with Crippen LogP contribution in [0.2, 0.25) is 0 Å². The number of nitriles is 1. The van der Waals surface area contributed by atoms with Crippen molar-refractivity contribution in [1.29, 1.82) is 5.26 Å². The SMILES string of the molecule is Cc1ccc(N2C(=O)C(C)SC2=C(C#N)C(N)=O)cc1. The van der Waals surface area contributed by atoms with E-state index in [9.17, 15) is 9.59 Å². The van der Waals surface area contributed by atoms with E-state index >= 15 is 0 Å². The van der Waals surface area contributed by atoms with E-state index in [0.29, 0.717) is 10.7 Å². The van der Waals surface area contributed by atoms with Gasteiger partial charge in [0.15, 0.2) is 0 Å². The predicted molar refractivity (Wildman–Crippen MR) is 77.6 cm³/mol. The van der Waals surface area contributed by atoms with Gasteiger partial charge in [-0.3, -0.25) is 14.5 Å². The van der Waals surface area contributed by atoms with Crippen molar-refractivity contribution < 1.29 is 9.59 Å². The highest BCUT2D eigenvalue weighted by molar-refractivity contribution is 8.05. The van der Waals surface area contributed by atoms with E-state index in [0.717, 1.165) is 5.56 Å². The summed E-state index contributed by atoms with van der Waals surface area (Å²) in [6, 6.07) is 9.08. The Balaban J connectivity index is 2.58. The highest BCUT2D eigenvalue weighted by atomic mass is 32.2. The number of nitrogens with zero attached hydrogens (tertiary/aromatic N) is 2. The first-order chi connectivity index (χ1) is 9.45. The molecule has 1 aliphatic heterocycles. The second-order valence-corrected chi connectivity index (χ2v) is 5.75. The van der Waals surface area contributed by atoms with Gasteiger partial charge in [-0.2, -0.15) is 5.26 Å². The van der Waals surface area contributed by atoms with Crippen molar-refractivity contribution in [2.45, 2.75) is 19.1 Å². The van der Waals surface area contributed by atoms with Crippen molar-refractivity contribution >= 4 is 29.3 Å². The first-order valence-corrected chi connectivity index (χ1v) is 6.85. The molecule has 0 radical (unpaired) electrons. The van der Waals surface area contributed by atoms with Crippen molar-refractivity contribution in [3.8, 4) is 6.07 Å². The van der Waals surface area contributed by atoms with Crippen LogP contribution in [0, 0.1) is 18.3 Å². The number of hydrogen-bond donors (Lipinski definition) is 1. The normalized spacial score (nSPS) is 20.8. The Morgan fingerprint density at radius 2 is 2.00 bits per heavy atom. The molecule has 20 heavy (non-hydrogen) atoms. The van der Waals surface area contributed by atoms with Crippen LogP contribution < -0.4 is 10.6 Å². The molecule has 102 valence electrons. The third-order valence-corrected chi connectivity index (χ3v) is 4.09. The van der Waals surface area contributed by atoms with Crippen LogP contribution in [0.4, 0.5) is 5.69 Å². The number of carbonyl (C=O) groups excluding carboxylic acids is 2. The fourth-order valence-electron chi connectivity index (χ4n) is 1.87. The Morgan fingerprint density at radius 3 is 2.50 bits per heavy atom. The lowest BCUT2D eigenvalue weighted by atomic mass is 10.2. The molecule has 0 aromatic heterocycles. The van der Waals surface area contributed by atoms with Crippen molar-refractivity contribution in [2.75, 3.05) is 4.90 Å². The average Bonchev–Trinajstić information content (AvgIpc) is 2.68. The Labute approximate surface area is 121 Å². The quantitative estimate of drug-likeness (QED) is 0.662. The summed E-state index contributed by atoms with van der Waals surface area (Å²) in [7, 11) is 0. The lowest BCUT2D eigenvalue weighted by Gasteiger charge is -2.18. The van der Waals surface area contributed by atoms with Gasteiger partial charge < -0.3 is 5.73 Å². The number of hydrogen-bond acceptors (Lipinski definition) is 4. The number of primary amides is 1. The van der Waals surface area contributed by atoms with Crippen LogP contribution in [-0.4, -0.2) is 17.1 Å². The molecule has 5 nitrogen and oxygen atoms in total. The van der Waals surface area contributed by atoms with Crippen LogP contribution in [-0.2, 0) is 9.59 Å². The van der Waals surface area contributed by atoms with Crippen molar-refractivity contribution in [2.24, 2.45) is 5.73 Å². The van der Waals surface area contributed by atoms with Crippen molar-refractivity contribution in [3.05, 3.63) is 40.4 Å². The maximum absolute atomic E-state index is 12.3. The highest BCUT2D eigenvalue weighted by Crippen LogP contribution is 2.40. The average molecular weight is 287 g/mol. The van der Waals surface area contributed by atoms with E-state index in [1.807, 2.05) is 19.1 Å². The number of aryl methyl sites for hydroxylation is 1. The molecule has 6 heteroatoms. The number of amides is 2. The zero-order valence-electron chi connectivity index (χ0n) is 11.1. The molecule has 2 rings (SSSR count). The monoisotopic (exact) mass is 287 g/mol. The van der Waals surface area contributed by atoms with E-state index in [-0.39, 0.29) is 16.7 Å². The number of rotatable bonds is 2. The topological polar surface area (TPSA) is 87.2 Å². The van der Waals surface area contributed by atoms with Crippen LogP contribution in [0.3, 0.4) is 0 Å². The van der Waals surface area contributed by atoms with Gasteiger partial charge in [0, 0.05) is 5.69 Å². The predicted octanol–water partition coefficient (Wildman–Crippen LogP) is 1.68. The fraction of sp³-hybridized carbons (Fsp3) is 0.214. The number of carbonyl (C=O) groups is 2.